The Balaban J connectivity index is 2.54. The van der Waals surface area contributed by atoms with Gasteiger partial charge in [-0.05, 0) is 6.07 Å². The number of nitrogens with zero attached hydrogens (tertiary/aromatic N) is 3. The lowest BCUT2D eigenvalue weighted by molar-refractivity contribution is 0.0916. The number of aromatic nitrogens is 1. The van der Waals surface area contributed by atoms with E-state index in [1.807, 2.05) is 6.07 Å². The van der Waals surface area contributed by atoms with Gasteiger partial charge in [0.1, 0.15) is 0 Å². The van der Waals surface area contributed by atoms with Crippen LogP contribution < -0.4 is 5.48 Å². The van der Waals surface area contributed by atoms with Crippen LogP contribution in [-0.2, 0) is 4.84 Å². The Bertz CT molecular complexity index is 339. The van der Waals surface area contributed by atoms with Crippen molar-refractivity contribution in [2.45, 2.75) is 0 Å². The Hall–Kier alpha value is -1.95. The Morgan fingerprint density at radius 1 is 1.73 bits per heavy atom. The van der Waals surface area contributed by atoms with Crippen molar-refractivity contribution in [3.05, 3.63) is 30.1 Å². The molecule has 15 heavy (non-hydrogen) atoms. The van der Waals surface area contributed by atoms with Crippen LogP contribution in [0.25, 0.3) is 0 Å². The van der Waals surface area contributed by atoms with Gasteiger partial charge in [0.2, 0.25) is 0 Å². The first kappa shape index (κ1) is 11.1. The van der Waals surface area contributed by atoms with Crippen molar-refractivity contribution in [2.75, 3.05) is 14.2 Å². The zero-order valence-electron chi connectivity index (χ0n) is 8.54. The SMILES string of the molecule is CONC(=O)N(C)/N=C/c1cccnc1. The number of hydroxylamine groups is 1. The Labute approximate surface area is 87.5 Å². The van der Waals surface area contributed by atoms with Gasteiger partial charge in [-0.25, -0.2) is 15.3 Å². The summed E-state index contributed by atoms with van der Waals surface area (Å²) in [5.74, 6) is 0. The molecule has 0 aliphatic rings. The third-order valence-corrected chi connectivity index (χ3v) is 1.55. The number of carbonyl (C=O) groups excluding carboxylic acids is 1. The molecular formula is C9H12N4O2. The number of pyridine rings is 1. The van der Waals surface area contributed by atoms with E-state index in [1.54, 1.807) is 18.5 Å². The van der Waals surface area contributed by atoms with Gasteiger partial charge in [0.25, 0.3) is 0 Å². The summed E-state index contributed by atoms with van der Waals surface area (Å²) in [6.07, 6.45) is 4.84. The summed E-state index contributed by atoms with van der Waals surface area (Å²) in [4.78, 5) is 19.5. The normalized spacial score (nSPS) is 10.3. The molecule has 6 nitrogen and oxygen atoms in total. The molecule has 6 heteroatoms. The van der Waals surface area contributed by atoms with Gasteiger partial charge in [-0.1, -0.05) is 6.07 Å². The van der Waals surface area contributed by atoms with Crippen LogP contribution in [-0.4, -0.2) is 36.4 Å². The van der Waals surface area contributed by atoms with E-state index in [9.17, 15) is 4.79 Å². The van der Waals surface area contributed by atoms with Crippen molar-refractivity contribution >= 4 is 12.2 Å². The predicted octanol–water partition coefficient (Wildman–Crippen LogP) is 0.618. The molecule has 1 N–H and O–H groups in total. The monoisotopic (exact) mass is 208 g/mol. The molecule has 0 aliphatic carbocycles. The molecule has 0 radical (unpaired) electrons. The summed E-state index contributed by atoms with van der Waals surface area (Å²) in [5.41, 5.74) is 2.95. The van der Waals surface area contributed by atoms with Crippen LogP contribution in [0.1, 0.15) is 5.56 Å². The lowest BCUT2D eigenvalue weighted by Crippen LogP contribution is -2.33. The maximum atomic E-state index is 11.1. The van der Waals surface area contributed by atoms with Crippen LogP contribution in [0.2, 0.25) is 0 Å². The minimum atomic E-state index is -0.447. The Morgan fingerprint density at radius 2 is 2.53 bits per heavy atom. The quantitative estimate of drug-likeness (QED) is 0.584. The molecule has 0 spiro atoms. The molecule has 0 saturated carbocycles. The number of urea groups is 1. The van der Waals surface area contributed by atoms with Gasteiger partial charge in [0.05, 0.1) is 13.3 Å². The van der Waals surface area contributed by atoms with Gasteiger partial charge < -0.3 is 0 Å². The highest BCUT2D eigenvalue weighted by atomic mass is 16.6. The zero-order chi connectivity index (χ0) is 11.1. The molecule has 80 valence electrons. The standard InChI is InChI=1S/C9H12N4O2/c1-13(9(14)12-15-2)11-7-8-4-3-5-10-6-8/h3-7H,1-2H3,(H,12,14)/b11-7+. The lowest BCUT2D eigenvalue weighted by Gasteiger charge is -2.09. The average Bonchev–Trinajstić information content (AvgIpc) is 2.27. The van der Waals surface area contributed by atoms with Gasteiger partial charge in [-0.15, -0.1) is 0 Å². The Kier molecular flexibility index (Phi) is 4.24. The predicted molar refractivity (Wildman–Crippen MR) is 55.1 cm³/mol. The smallest absolute Gasteiger partial charge is 0.275 e. The fourth-order valence-corrected chi connectivity index (χ4v) is 0.811. The van der Waals surface area contributed by atoms with Crippen LogP contribution in [0, 0.1) is 0 Å². The van der Waals surface area contributed by atoms with Crippen molar-refractivity contribution in [2.24, 2.45) is 5.10 Å². The zero-order valence-corrected chi connectivity index (χ0v) is 8.54. The summed E-state index contributed by atoms with van der Waals surface area (Å²) < 4.78 is 0. The van der Waals surface area contributed by atoms with E-state index in [1.165, 1.54) is 20.4 Å². The highest BCUT2D eigenvalue weighted by molar-refractivity contribution is 5.81. The summed E-state index contributed by atoms with van der Waals surface area (Å²) in [6, 6.07) is 3.17. The van der Waals surface area contributed by atoms with E-state index < -0.39 is 6.03 Å². The molecule has 2 amide bonds. The molecule has 0 bridgehead atoms. The van der Waals surface area contributed by atoms with E-state index in [4.69, 9.17) is 0 Å². The molecule has 0 saturated heterocycles. The van der Waals surface area contributed by atoms with Crippen LogP contribution in [0.5, 0.6) is 0 Å². The number of nitrogens with one attached hydrogen (secondary N) is 1. The molecule has 0 fully saturated rings. The summed E-state index contributed by atoms with van der Waals surface area (Å²) in [5, 5.41) is 5.01. The largest absolute Gasteiger partial charge is 0.361 e. The second-order valence-corrected chi connectivity index (χ2v) is 2.67. The van der Waals surface area contributed by atoms with Crippen molar-refractivity contribution < 1.29 is 9.63 Å². The van der Waals surface area contributed by atoms with Gasteiger partial charge in [-0.3, -0.25) is 9.82 Å². The van der Waals surface area contributed by atoms with Crippen LogP contribution in [0.15, 0.2) is 29.6 Å². The summed E-state index contributed by atoms with van der Waals surface area (Å²) in [7, 11) is 2.87. The molecule has 0 aliphatic heterocycles. The van der Waals surface area contributed by atoms with E-state index in [2.05, 4.69) is 20.4 Å². The van der Waals surface area contributed by atoms with E-state index >= 15 is 0 Å². The van der Waals surface area contributed by atoms with E-state index in [-0.39, 0.29) is 0 Å². The fourth-order valence-electron chi connectivity index (χ4n) is 0.811. The molecule has 1 aromatic rings. The first-order valence-corrected chi connectivity index (χ1v) is 4.24. The molecule has 0 aromatic carbocycles. The maximum absolute atomic E-state index is 11.1. The minimum Gasteiger partial charge on any atom is -0.275 e. The molecular weight excluding hydrogens is 196 g/mol. The van der Waals surface area contributed by atoms with Crippen molar-refractivity contribution in [3.8, 4) is 0 Å². The number of hydrazone groups is 1. The summed E-state index contributed by atoms with van der Waals surface area (Å²) >= 11 is 0. The van der Waals surface area contributed by atoms with Gasteiger partial charge in [-0.2, -0.15) is 5.10 Å². The molecule has 1 rings (SSSR count). The maximum Gasteiger partial charge on any atom is 0.361 e. The highest BCUT2D eigenvalue weighted by Gasteiger charge is 2.03. The molecule has 1 heterocycles. The molecule has 0 atom stereocenters. The lowest BCUT2D eigenvalue weighted by atomic mass is 10.3. The third kappa shape index (κ3) is 3.74. The second-order valence-electron chi connectivity index (χ2n) is 2.67. The Morgan fingerprint density at radius 3 is 3.13 bits per heavy atom. The average molecular weight is 208 g/mol. The highest BCUT2D eigenvalue weighted by Crippen LogP contribution is 1.92. The van der Waals surface area contributed by atoms with Gasteiger partial charge in [0.15, 0.2) is 0 Å². The van der Waals surface area contributed by atoms with Crippen molar-refractivity contribution in [1.82, 2.24) is 15.5 Å². The third-order valence-electron chi connectivity index (χ3n) is 1.55. The first-order chi connectivity index (χ1) is 7.24. The number of amides is 2. The van der Waals surface area contributed by atoms with Crippen LogP contribution in [0.4, 0.5) is 4.79 Å². The van der Waals surface area contributed by atoms with Crippen molar-refractivity contribution in [1.29, 1.82) is 0 Å². The van der Waals surface area contributed by atoms with Gasteiger partial charge in [0, 0.05) is 25.0 Å². The first-order valence-electron chi connectivity index (χ1n) is 4.24. The minimum absolute atomic E-state index is 0.447. The second kappa shape index (κ2) is 5.71. The van der Waals surface area contributed by atoms with E-state index in [0.29, 0.717) is 0 Å². The molecule has 1 aromatic heterocycles. The van der Waals surface area contributed by atoms with Crippen molar-refractivity contribution in [3.63, 3.8) is 0 Å². The van der Waals surface area contributed by atoms with Gasteiger partial charge >= 0.3 is 6.03 Å². The number of carbonyl (C=O) groups is 1. The number of hydrogen-bond donors (Lipinski definition) is 1. The summed E-state index contributed by atoms with van der Waals surface area (Å²) in [6.45, 7) is 0. The number of rotatable bonds is 3. The molecule has 0 unspecified atom stereocenters. The van der Waals surface area contributed by atoms with Crippen LogP contribution in [0.3, 0.4) is 0 Å². The van der Waals surface area contributed by atoms with Crippen LogP contribution >= 0.6 is 0 Å². The van der Waals surface area contributed by atoms with E-state index in [0.717, 1.165) is 10.6 Å². The number of hydrogen-bond acceptors (Lipinski definition) is 4. The topological polar surface area (TPSA) is 66.8 Å². The fraction of sp³-hybridized carbons (Fsp3) is 0.222.